The lowest BCUT2D eigenvalue weighted by Crippen LogP contribution is -2.73. The van der Waals surface area contributed by atoms with Crippen LogP contribution in [0.25, 0.3) is 0 Å². The van der Waals surface area contributed by atoms with E-state index in [1.807, 2.05) is 142 Å². The molecule has 11 rings (SSSR count). The van der Waals surface area contributed by atoms with Crippen LogP contribution in [0.4, 0.5) is 0 Å². The van der Waals surface area contributed by atoms with Gasteiger partial charge in [0.2, 0.25) is 9.04 Å². The Labute approximate surface area is 734 Å². The summed E-state index contributed by atoms with van der Waals surface area (Å²) in [7, 11) is 48.2. The molecule has 7 aliphatic rings. The highest BCUT2D eigenvalue weighted by Crippen LogP contribution is 2.73. The van der Waals surface area contributed by atoms with Crippen molar-refractivity contribution in [1.29, 1.82) is 0 Å². The van der Waals surface area contributed by atoms with Crippen molar-refractivity contribution < 1.29 is 28.7 Å². The third kappa shape index (κ3) is 23.8. The molecule has 4 aromatic carbocycles. The van der Waals surface area contributed by atoms with Gasteiger partial charge in [0.15, 0.2) is 0 Å². The second-order valence-corrected chi connectivity index (χ2v) is 87.3. The lowest BCUT2D eigenvalue weighted by atomic mass is 9.43. The molecule has 0 aromatic heterocycles. The number of ketones is 2. The summed E-state index contributed by atoms with van der Waals surface area (Å²) >= 11 is 9.58. The fourth-order valence-corrected chi connectivity index (χ4v) is 103. The van der Waals surface area contributed by atoms with Gasteiger partial charge in [0.25, 0.3) is 8.32 Å². The first kappa shape index (κ1) is 96.0. The van der Waals surface area contributed by atoms with Crippen LogP contribution in [0.5, 0.6) is 0 Å². The number of carbonyl (C=O) groups is 2. The summed E-state index contributed by atoms with van der Waals surface area (Å²) in [4.78, 5) is 28.7. The Bertz CT molecular complexity index is 5000. The second-order valence-electron chi connectivity index (χ2n) is 28.4. The molecule has 6 aliphatic carbocycles. The van der Waals surface area contributed by atoms with E-state index in [4.69, 9.17) is 31.2 Å². The maximum absolute atomic E-state index is 14.3. The predicted molar refractivity (Wildman–Crippen MR) is 547 cm³/mol. The topological polar surface area (TPSA) is 93.1 Å². The van der Waals surface area contributed by atoms with Crippen molar-refractivity contribution >= 4 is 338 Å². The van der Waals surface area contributed by atoms with Gasteiger partial charge in [-0.3, -0.25) is 9.59 Å². The van der Waals surface area contributed by atoms with Gasteiger partial charge in [-0.15, -0.1) is 0 Å². The van der Waals surface area contributed by atoms with Crippen molar-refractivity contribution in [2.24, 2.45) is 79.8 Å². The molecule has 107 heavy (non-hydrogen) atoms. The molecule has 2 N–H and O–H groups in total. The second kappa shape index (κ2) is 48.2. The Morgan fingerprint density at radius 2 is 0.776 bits per heavy atom. The number of Topliss-reactive ketones (excluding diaryl/α,β-unsaturated/α-hetero) is 2. The van der Waals surface area contributed by atoms with Crippen molar-refractivity contribution in [3.63, 3.8) is 0 Å². The Morgan fingerprint density at radius 1 is 0.458 bits per heavy atom. The van der Waals surface area contributed by atoms with Gasteiger partial charge in [-0.2, -0.15) is 0 Å². The minimum absolute atomic E-state index is 0. The van der Waals surface area contributed by atoms with E-state index in [1.165, 1.54) is 44.9 Å². The van der Waals surface area contributed by atoms with Crippen LogP contribution in [0, 0.1) is 79.8 Å². The number of hydrogen-bond donors (Lipinski definition) is 2. The lowest BCUT2D eigenvalue weighted by molar-refractivity contribution is -0.188. The minimum atomic E-state index is -2.55. The summed E-state index contributed by atoms with van der Waals surface area (Å²) in [6, 6.07) is 44.6. The zero-order chi connectivity index (χ0) is 75.7. The Balaban J connectivity index is 0.000000203. The molecule has 0 radical (unpaired) electrons. The van der Waals surface area contributed by atoms with Gasteiger partial charge in [0.1, 0.15) is 11.6 Å². The van der Waals surface area contributed by atoms with Gasteiger partial charge in [-0.1, -0.05) is 191 Å². The first-order valence-corrected chi connectivity index (χ1v) is 79.5. The van der Waals surface area contributed by atoms with Crippen LogP contribution in [-0.4, -0.2) is 64.6 Å². The van der Waals surface area contributed by atoms with E-state index < -0.39 is 22.8 Å². The SMILES string of the molecule is C.CC[C@]1(C)C[C@@H](O[SiH](c2ccccc2)c2ccccc2)[C@@]2(C)C3[C@H](CO)CC[C@@]3(CC[C@H]2C)[C@@H](C)C1=O.CC[C@]1(C)C[C@H]2O[Si](c3ccccc3)(c3ccccc3)C[C@@H]3CC[C@]4(CC[C@@H](CO)C4[C@@]32C)[C@@H](C)C1=O.S=S=S=S=S=S=S=S=S=S=S=S=S=S=S=S=S=S=S=S=S=S=S=S=S=S=S=S=S=S=S=S. The molecule has 2 unspecified atom stereocenters. The summed E-state index contributed by atoms with van der Waals surface area (Å²) < 4.78 is 15.3. The fourth-order valence-electron chi connectivity index (χ4n) is 19.2. The minimum Gasteiger partial charge on any atom is -0.407 e. The summed E-state index contributed by atoms with van der Waals surface area (Å²) in [6.07, 6.45) is 11.9. The molecule has 598 valence electrons. The highest BCUT2D eigenvalue weighted by Gasteiger charge is 2.72. The van der Waals surface area contributed by atoms with Crippen molar-refractivity contribution in [3.05, 3.63) is 121 Å². The van der Waals surface area contributed by atoms with E-state index in [0.29, 0.717) is 35.2 Å². The molecule has 4 bridgehead atoms. The summed E-state index contributed by atoms with van der Waals surface area (Å²) in [6.45, 7) is 21.2. The molecule has 6 nitrogen and oxygen atoms in total. The average molecular weight is 2080 g/mol. The quantitative estimate of drug-likeness (QED) is 0.152. The van der Waals surface area contributed by atoms with Crippen LogP contribution in [0.2, 0.25) is 6.04 Å². The number of aliphatic hydroxyl groups is 2. The normalized spacial score (nSPS) is 30.7. The van der Waals surface area contributed by atoms with E-state index in [-0.39, 0.29) is 83.6 Å². The van der Waals surface area contributed by atoms with E-state index in [2.05, 4.69) is 184 Å². The van der Waals surface area contributed by atoms with E-state index in [1.54, 1.807) is 107 Å². The van der Waals surface area contributed by atoms with Crippen LogP contribution >= 0.6 is 0 Å². The summed E-state index contributed by atoms with van der Waals surface area (Å²) in [5.41, 5.74) is -0.941. The Kier molecular flexibility index (Phi) is 43.3. The van der Waals surface area contributed by atoms with E-state index in [9.17, 15) is 19.8 Å². The van der Waals surface area contributed by atoms with Crippen molar-refractivity contribution in [2.45, 2.75) is 165 Å². The first-order chi connectivity index (χ1) is 51.4. The zero-order valence-corrected chi connectivity index (χ0v) is 87.9. The van der Waals surface area contributed by atoms with E-state index in [0.717, 1.165) is 76.7 Å². The molecular formula is C67H94O6S32Si2. The number of benzene rings is 4. The standard InChI is InChI=1S/C33H44O3Si.C33H46O3Si.CH4.S32/c1-5-31(3)20-28-32(4)25(17-19-33(23(2)30(31)35)18-16-24(21-34)29(32)33)22-37(36-28,26-12-8-6-9-13-26)27-14-10-7-11-15-27;1-6-31(4)21-28(36-37(26-13-9-7-10-14-26)27-15-11-8-12-16-27)32(5)23(2)17-19-33(24(3)30(31)35)20-18-25(22-34)29(32)33;;1-3-5-7-9-11-13-15-17-19-21-23-25-27-29-31-32-30-28-26-24-22-20-18-16-14-12-10-8-6-4-2/h6-15,23-25,28-29,34H,5,16-22H2,1-4H3;7-16,23-25,28-29,34,37H,6,17-22H2,1-5H3;1H4;/t23-,24-,25-,28+,29?,31+,32-,33+;23-,24+,25+,28-,29?,31-,32+,33+;;/m01../s1. The summed E-state index contributed by atoms with van der Waals surface area (Å²) in [5, 5.41) is 26.5. The number of carbonyl (C=O) groups excluding carboxylic acids is 2. The highest BCUT2D eigenvalue weighted by atomic mass is 33.5. The van der Waals surface area contributed by atoms with Crippen LogP contribution in [0.15, 0.2) is 121 Å². The molecule has 0 amide bonds. The molecular weight excluding hydrogens is 1980 g/mol. The third-order valence-corrected chi connectivity index (χ3v) is 95.8. The lowest BCUT2D eigenvalue weighted by Gasteiger charge is -2.67. The van der Waals surface area contributed by atoms with Crippen molar-refractivity contribution in [1.82, 2.24) is 0 Å². The molecule has 4 aromatic rings. The van der Waals surface area contributed by atoms with Crippen LogP contribution in [0.3, 0.4) is 0 Å². The monoisotopic (exact) mass is 2070 g/mol. The third-order valence-electron chi connectivity index (χ3n) is 24.5. The van der Waals surface area contributed by atoms with Crippen LogP contribution in [0.1, 0.15) is 147 Å². The molecule has 1 aliphatic heterocycles. The van der Waals surface area contributed by atoms with Crippen molar-refractivity contribution in [3.8, 4) is 0 Å². The zero-order valence-electron chi connectivity index (χ0n) is 59.6. The number of rotatable bonds is 10. The summed E-state index contributed by atoms with van der Waals surface area (Å²) in [5.74, 6) is 3.12. The van der Waals surface area contributed by atoms with Gasteiger partial charge in [-0.05, 0) is 161 Å². The number of hydrogen-bond acceptors (Lipinski definition) is 8. The van der Waals surface area contributed by atoms with Gasteiger partial charge >= 0.3 is 0 Å². The van der Waals surface area contributed by atoms with Crippen molar-refractivity contribution in [2.75, 3.05) is 13.2 Å². The maximum Gasteiger partial charge on any atom is 0.256 e. The molecule has 1 heterocycles. The van der Waals surface area contributed by atoms with Crippen LogP contribution < -0.4 is 20.7 Å². The smallest absolute Gasteiger partial charge is 0.256 e. The fraction of sp³-hybridized carbons (Fsp3) is 0.612. The average Bonchev–Trinajstić information content (AvgIpc) is 1.67. The first-order valence-electron chi connectivity index (χ1n) is 34.5. The predicted octanol–water partition coefficient (Wildman–Crippen LogP) is 11.5. The molecule has 1 saturated heterocycles. The van der Waals surface area contributed by atoms with Gasteiger partial charge < -0.3 is 19.1 Å². The largest absolute Gasteiger partial charge is 0.407 e. The molecule has 0 spiro atoms. The van der Waals surface area contributed by atoms with Gasteiger partial charge in [0.05, 0.1) is 12.2 Å². The molecule has 7 fully saturated rings. The molecule has 6 saturated carbocycles. The Hall–Kier alpha value is 3.53. The maximum atomic E-state index is 14.3. The van der Waals surface area contributed by atoms with Gasteiger partial charge in [0, 0.05) is 325 Å². The number of aliphatic hydroxyl groups excluding tert-OH is 2. The molecule has 16 atom stereocenters. The Morgan fingerprint density at radius 3 is 1.12 bits per heavy atom. The highest BCUT2D eigenvalue weighted by molar-refractivity contribution is 8.80. The van der Waals surface area contributed by atoms with Gasteiger partial charge in [-0.25, -0.2) is 0 Å². The van der Waals surface area contributed by atoms with E-state index >= 15 is 0 Å². The molecule has 40 heteroatoms. The van der Waals surface area contributed by atoms with Crippen LogP contribution in [-0.2, 0) is 307 Å².